The number of nitrogens with zero attached hydrogens (tertiary/aromatic N) is 3. The highest BCUT2D eigenvalue weighted by atomic mass is 79.9. The van der Waals surface area contributed by atoms with Gasteiger partial charge in [0, 0.05) is 6.20 Å². The number of aromatic nitrogens is 3. The van der Waals surface area contributed by atoms with Gasteiger partial charge in [-0.1, -0.05) is 5.16 Å². The van der Waals surface area contributed by atoms with Gasteiger partial charge in [0.2, 0.25) is 11.8 Å². The Kier molecular flexibility index (Phi) is 5.73. The number of carbonyl (C=O) groups is 1. The second-order valence-electron chi connectivity index (χ2n) is 4.61. The van der Waals surface area contributed by atoms with Crippen LogP contribution >= 0.6 is 15.9 Å². The Morgan fingerprint density at radius 1 is 1.27 bits per heavy atom. The number of hydrogen-bond donors (Lipinski definition) is 1. The molecule has 0 spiro atoms. The summed E-state index contributed by atoms with van der Waals surface area (Å²) in [4.78, 5) is 18.5. The lowest BCUT2D eigenvalue weighted by molar-refractivity contribution is -0.154. The zero-order valence-electron chi connectivity index (χ0n) is 12.3. The maximum atomic E-state index is 12.3. The third kappa shape index (κ3) is 5.57. The Hall–Kier alpha value is -2.38. The molecule has 142 valence electrons. The van der Waals surface area contributed by atoms with Crippen LogP contribution in [0.3, 0.4) is 0 Å². The average molecular weight is 449 g/mol. The van der Waals surface area contributed by atoms with E-state index in [4.69, 9.17) is 0 Å². The molecule has 14 heteroatoms. The zero-order valence-corrected chi connectivity index (χ0v) is 13.9. The summed E-state index contributed by atoms with van der Waals surface area (Å²) in [7, 11) is 0. The van der Waals surface area contributed by atoms with Gasteiger partial charge in [0.25, 0.3) is 11.7 Å². The highest BCUT2D eigenvalue weighted by Gasteiger charge is 2.37. The Morgan fingerprint density at radius 3 is 2.50 bits per heavy atom. The average Bonchev–Trinajstić information content (AvgIpc) is 2.99. The van der Waals surface area contributed by atoms with Gasteiger partial charge >= 0.3 is 12.4 Å². The van der Waals surface area contributed by atoms with Gasteiger partial charge in [-0.05, 0) is 22.0 Å². The summed E-state index contributed by atoms with van der Waals surface area (Å²) < 4.78 is 82.0. The third-order valence-corrected chi connectivity index (χ3v) is 3.13. The number of carbonyl (C=O) groups excluding carboxylic acids is 1. The molecule has 2 heterocycles. The van der Waals surface area contributed by atoms with Crippen LogP contribution in [0.4, 0.5) is 26.3 Å². The monoisotopic (exact) mass is 448 g/mol. The number of alkyl halides is 6. The molecular formula is C12H7BrF6N4O3. The minimum atomic E-state index is -4.78. The van der Waals surface area contributed by atoms with Crippen molar-refractivity contribution in [2.45, 2.75) is 18.9 Å². The lowest BCUT2D eigenvalue weighted by Crippen LogP contribution is -2.23. The van der Waals surface area contributed by atoms with E-state index in [9.17, 15) is 31.1 Å². The van der Waals surface area contributed by atoms with E-state index < -0.39 is 43.1 Å². The Bertz CT molecular complexity index is 792. The standard InChI is InChI=1S/C12H7BrF6N4O3/c13-6-1-5(2-21-9(6)25-4-11(14,15)16)8(24)20-3-7-22-10(23-26-7)12(17,18)19/h1-2H,3-4H2,(H,20,24). The van der Waals surface area contributed by atoms with Crippen LogP contribution in [0.15, 0.2) is 21.3 Å². The molecule has 2 aromatic heterocycles. The minimum Gasteiger partial charge on any atom is -0.467 e. The minimum absolute atomic E-state index is 0.0217. The molecule has 2 aromatic rings. The van der Waals surface area contributed by atoms with Gasteiger partial charge in [0.15, 0.2) is 6.61 Å². The molecule has 0 saturated carbocycles. The fourth-order valence-electron chi connectivity index (χ4n) is 1.51. The Labute approximate surface area is 148 Å². The first-order chi connectivity index (χ1) is 12.0. The SMILES string of the molecule is O=C(NCc1nc(C(F)(F)F)no1)c1cnc(OCC(F)(F)F)c(Br)c1. The smallest absolute Gasteiger partial charge is 0.455 e. The molecule has 0 atom stereocenters. The fourth-order valence-corrected chi connectivity index (χ4v) is 1.97. The molecule has 0 bridgehead atoms. The lowest BCUT2D eigenvalue weighted by atomic mass is 10.2. The topological polar surface area (TPSA) is 90.1 Å². The molecule has 0 aliphatic heterocycles. The summed E-state index contributed by atoms with van der Waals surface area (Å²) >= 11 is 2.90. The lowest BCUT2D eigenvalue weighted by Gasteiger charge is -2.10. The predicted octanol–water partition coefficient (Wildman–Crippen LogP) is 3.12. The first kappa shape index (κ1) is 19.9. The van der Waals surface area contributed by atoms with Crippen molar-refractivity contribution in [3.63, 3.8) is 0 Å². The van der Waals surface area contributed by atoms with Crippen molar-refractivity contribution in [3.8, 4) is 5.88 Å². The van der Waals surface area contributed by atoms with Crippen LogP contribution in [-0.2, 0) is 12.7 Å². The largest absolute Gasteiger partial charge is 0.467 e. The van der Waals surface area contributed by atoms with E-state index in [1.54, 1.807) is 0 Å². The van der Waals surface area contributed by atoms with Crippen molar-refractivity contribution in [1.82, 2.24) is 20.4 Å². The molecule has 0 aromatic carbocycles. The maximum absolute atomic E-state index is 12.3. The fraction of sp³-hybridized carbons (Fsp3) is 0.333. The van der Waals surface area contributed by atoms with E-state index in [0.29, 0.717) is 0 Å². The number of nitrogens with one attached hydrogen (secondary N) is 1. The number of rotatable bonds is 5. The van der Waals surface area contributed by atoms with Gasteiger partial charge in [-0.3, -0.25) is 4.79 Å². The zero-order chi connectivity index (χ0) is 19.5. The summed E-state index contributed by atoms with van der Waals surface area (Å²) in [6, 6.07) is 1.13. The van der Waals surface area contributed by atoms with E-state index in [0.717, 1.165) is 12.3 Å². The number of ether oxygens (including phenoxy) is 1. The molecule has 0 radical (unpaired) electrons. The van der Waals surface area contributed by atoms with E-state index in [2.05, 4.69) is 45.6 Å². The molecule has 1 N–H and O–H groups in total. The van der Waals surface area contributed by atoms with Crippen LogP contribution < -0.4 is 10.1 Å². The molecule has 0 saturated heterocycles. The van der Waals surface area contributed by atoms with Crippen molar-refractivity contribution in [3.05, 3.63) is 34.0 Å². The van der Waals surface area contributed by atoms with Crippen LogP contribution in [-0.4, -0.2) is 33.8 Å². The van der Waals surface area contributed by atoms with E-state index >= 15 is 0 Å². The van der Waals surface area contributed by atoms with Crippen LogP contribution in [0.1, 0.15) is 22.1 Å². The van der Waals surface area contributed by atoms with Gasteiger partial charge in [-0.2, -0.15) is 31.3 Å². The summed E-state index contributed by atoms with van der Waals surface area (Å²) in [6.07, 6.45) is -8.41. The molecule has 26 heavy (non-hydrogen) atoms. The highest BCUT2D eigenvalue weighted by Crippen LogP contribution is 2.27. The van der Waals surface area contributed by atoms with Crippen LogP contribution in [0.25, 0.3) is 0 Å². The third-order valence-electron chi connectivity index (χ3n) is 2.56. The first-order valence-electron chi connectivity index (χ1n) is 6.49. The van der Waals surface area contributed by atoms with Crippen molar-refractivity contribution in [1.29, 1.82) is 0 Å². The molecule has 7 nitrogen and oxygen atoms in total. The molecule has 0 fully saturated rings. The first-order valence-corrected chi connectivity index (χ1v) is 7.28. The second kappa shape index (κ2) is 7.47. The normalized spacial score (nSPS) is 12.1. The number of hydrogen-bond acceptors (Lipinski definition) is 6. The predicted molar refractivity (Wildman–Crippen MR) is 74.0 cm³/mol. The van der Waals surface area contributed by atoms with Crippen LogP contribution in [0.2, 0.25) is 0 Å². The van der Waals surface area contributed by atoms with E-state index in [-0.39, 0.29) is 15.9 Å². The maximum Gasteiger partial charge on any atom is 0.455 e. The van der Waals surface area contributed by atoms with Gasteiger partial charge < -0.3 is 14.6 Å². The molecule has 0 aliphatic rings. The molecule has 0 aliphatic carbocycles. The number of amides is 1. The molecule has 0 unspecified atom stereocenters. The summed E-state index contributed by atoms with van der Waals surface area (Å²) in [5.74, 6) is -3.14. The quantitative estimate of drug-likeness (QED) is 0.706. The molecule has 2 rings (SSSR count). The van der Waals surface area contributed by atoms with Crippen molar-refractivity contribution < 1.29 is 40.4 Å². The van der Waals surface area contributed by atoms with Gasteiger partial charge in [0.1, 0.15) is 0 Å². The van der Waals surface area contributed by atoms with Crippen molar-refractivity contribution >= 4 is 21.8 Å². The number of pyridine rings is 1. The van der Waals surface area contributed by atoms with E-state index in [1.807, 2.05) is 0 Å². The Morgan fingerprint density at radius 2 is 1.96 bits per heavy atom. The Balaban J connectivity index is 1.97. The second-order valence-corrected chi connectivity index (χ2v) is 5.46. The van der Waals surface area contributed by atoms with Gasteiger partial charge in [-0.25, -0.2) is 4.98 Å². The summed E-state index contributed by atoms with van der Waals surface area (Å²) in [5, 5.41) is 4.91. The van der Waals surface area contributed by atoms with Crippen LogP contribution in [0.5, 0.6) is 5.88 Å². The van der Waals surface area contributed by atoms with Gasteiger partial charge in [0.05, 0.1) is 16.6 Å². The van der Waals surface area contributed by atoms with E-state index in [1.165, 1.54) is 0 Å². The molecular weight excluding hydrogens is 442 g/mol. The van der Waals surface area contributed by atoms with Crippen LogP contribution in [0, 0.1) is 0 Å². The van der Waals surface area contributed by atoms with Gasteiger partial charge in [-0.15, -0.1) is 0 Å². The summed E-state index contributed by atoms with van der Waals surface area (Å²) in [6.45, 7) is -2.06. The molecule has 1 amide bonds. The highest BCUT2D eigenvalue weighted by molar-refractivity contribution is 9.10. The summed E-state index contributed by atoms with van der Waals surface area (Å²) in [5.41, 5.74) is -0.0909. The van der Waals surface area contributed by atoms with Crippen molar-refractivity contribution in [2.24, 2.45) is 0 Å². The van der Waals surface area contributed by atoms with Crippen molar-refractivity contribution in [2.75, 3.05) is 6.61 Å². The number of halogens is 7.